The highest BCUT2D eigenvalue weighted by atomic mass is 31.2. The van der Waals surface area contributed by atoms with Crippen molar-refractivity contribution in [2.24, 2.45) is 10.8 Å². The number of halogens is 1. The first-order valence-electron chi connectivity index (χ1n) is 12.5. The summed E-state index contributed by atoms with van der Waals surface area (Å²) in [4.78, 5) is 46.4. The van der Waals surface area contributed by atoms with Crippen LogP contribution in [0.1, 0.15) is 47.8 Å². The van der Waals surface area contributed by atoms with Crippen LogP contribution in [0, 0.1) is 10.8 Å². The van der Waals surface area contributed by atoms with Crippen LogP contribution in [-0.2, 0) is 46.7 Å². The van der Waals surface area contributed by atoms with Crippen LogP contribution in [0.4, 0.5) is 10.3 Å². The minimum Gasteiger partial charge on any atom is -0.437 e. The van der Waals surface area contributed by atoms with Gasteiger partial charge in [0, 0.05) is 7.11 Å². The summed E-state index contributed by atoms with van der Waals surface area (Å²) >= 11 is 0. The van der Waals surface area contributed by atoms with Crippen LogP contribution >= 0.6 is 7.82 Å². The van der Waals surface area contributed by atoms with Crippen molar-refractivity contribution in [3.8, 4) is 0 Å². The number of anilines is 1. The van der Waals surface area contributed by atoms with Crippen molar-refractivity contribution in [2.45, 2.75) is 65.8 Å². The molecule has 17 nitrogen and oxygen atoms in total. The summed E-state index contributed by atoms with van der Waals surface area (Å²) in [5.74, 6) is -4.01. The van der Waals surface area contributed by atoms with Gasteiger partial charge in [-0.15, -0.1) is 0 Å². The first-order chi connectivity index (χ1) is 19.3. The molecule has 0 saturated carbocycles. The van der Waals surface area contributed by atoms with Crippen molar-refractivity contribution in [1.82, 2.24) is 19.5 Å². The number of H-pyrrole nitrogens is 1. The zero-order valence-corrected chi connectivity index (χ0v) is 25.0. The number of hydrogen-bond acceptors (Lipinski definition) is 15. The number of rotatable bonds is 11. The first-order valence-corrected chi connectivity index (χ1v) is 14.0. The molecule has 236 valence electrons. The van der Waals surface area contributed by atoms with Crippen LogP contribution in [0.5, 0.6) is 0 Å². The second kappa shape index (κ2) is 12.3. The highest BCUT2D eigenvalue weighted by Gasteiger charge is 2.58. The van der Waals surface area contributed by atoms with Gasteiger partial charge in [0.1, 0.15) is 12.7 Å². The third kappa shape index (κ3) is 7.31. The number of nitrogens with one attached hydrogen (secondary N) is 1. The third-order valence-corrected chi connectivity index (χ3v) is 7.15. The molecule has 1 unspecified atom stereocenters. The molecular weight excluding hydrogens is 588 g/mol. The third-order valence-electron chi connectivity index (χ3n) is 5.87. The monoisotopic (exact) mass is 623 g/mol. The molecule has 1 aliphatic rings. The summed E-state index contributed by atoms with van der Waals surface area (Å²) < 4.78 is 66.1. The van der Waals surface area contributed by atoms with Crippen molar-refractivity contribution in [3.63, 3.8) is 0 Å². The van der Waals surface area contributed by atoms with Gasteiger partial charge in [0.25, 0.3) is 5.56 Å². The zero-order valence-electron chi connectivity index (χ0n) is 24.1. The van der Waals surface area contributed by atoms with E-state index >= 15 is 4.39 Å². The van der Waals surface area contributed by atoms with Crippen LogP contribution in [0.15, 0.2) is 11.1 Å². The van der Waals surface area contributed by atoms with E-state index in [2.05, 4.69) is 15.0 Å². The van der Waals surface area contributed by atoms with Crippen molar-refractivity contribution < 1.29 is 56.2 Å². The van der Waals surface area contributed by atoms with E-state index in [4.69, 9.17) is 38.3 Å². The Morgan fingerprint density at radius 1 is 1.14 bits per heavy atom. The molecule has 0 aliphatic carbocycles. The van der Waals surface area contributed by atoms with Crippen LogP contribution in [0.25, 0.3) is 11.2 Å². The van der Waals surface area contributed by atoms with E-state index in [1.807, 2.05) is 0 Å². The Hall–Kier alpha value is -2.99. The van der Waals surface area contributed by atoms with Gasteiger partial charge >= 0.3 is 19.8 Å². The van der Waals surface area contributed by atoms with Crippen LogP contribution in [-0.4, -0.2) is 81.9 Å². The largest absolute Gasteiger partial charge is 0.480 e. The fourth-order valence-corrected chi connectivity index (χ4v) is 4.35. The predicted molar refractivity (Wildman–Crippen MR) is 140 cm³/mol. The lowest BCUT2D eigenvalue weighted by Gasteiger charge is -2.31. The predicted octanol–water partition coefficient (Wildman–Crippen LogP) is 1.52. The summed E-state index contributed by atoms with van der Waals surface area (Å²) in [6, 6.07) is 0. The maximum atomic E-state index is 15.4. The summed E-state index contributed by atoms with van der Waals surface area (Å²) in [7, 11) is -3.71. The molecular formula is C23H35FN5O12P. The Bertz CT molecular complexity index is 1370. The quantitative estimate of drug-likeness (QED) is 0.183. The standard InChI is InChI=1S/C23H35FN5O12P/c1-21(2,3)18(32)36-10-39-42(34,40-11-37-19(33)22(4,5)6)38-8-23(35-7)14(30)12(24)17(41-23)29-9-26-13-15(29)27-20(25)28-16(13)31/h9,12,14,17,30H,8,10-11H2,1-7H3,(H3,25,27,28,31)/t12-,14+,17?,23-/m1/s1. The molecule has 1 fully saturated rings. The molecule has 0 bridgehead atoms. The Labute approximate surface area is 239 Å². The van der Waals surface area contributed by atoms with E-state index in [1.165, 1.54) is 0 Å². The number of hydrogen-bond donors (Lipinski definition) is 3. The lowest BCUT2D eigenvalue weighted by molar-refractivity contribution is -0.267. The summed E-state index contributed by atoms with van der Waals surface area (Å²) in [5, 5.41) is 10.8. The van der Waals surface area contributed by atoms with Crippen LogP contribution < -0.4 is 11.3 Å². The van der Waals surface area contributed by atoms with Gasteiger partial charge in [-0.25, -0.2) is 23.0 Å². The highest BCUT2D eigenvalue weighted by Crippen LogP contribution is 2.52. The van der Waals surface area contributed by atoms with Gasteiger partial charge in [-0.2, -0.15) is 4.98 Å². The molecule has 0 spiro atoms. The number of phosphoric ester groups is 1. The van der Waals surface area contributed by atoms with Gasteiger partial charge in [-0.05, 0) is 41.5 Å². The summed E-state index contributed by atoms with van der Waals surface area (Å²) in [5.41, 5.74) is 2.72. The number of nitrogens with two attached hydrogens (primary N) is 1. The Morgan fingerprint density at radius 2 is 1.69 bits per heavy atom. The minimum absolute atomic E-state index is 0.150. The molecule has 3 rings (SSSR count). The molecule has 0 amide bonds. The number of fused-ring (bicyclic) bond motifs is 1. The normalized spacial score (nSPS) is 23.3. The van der Waals surface area contributed by atoms with Gasteiger partial charge in [0.15, 0.2) is 23.6 Å². The number of esters is 2. The number of phosphoric acid groups is 1. The number of nitrogen functional groups attached to an aromatic ring is 1. The molecule has 0 aromatic carbocycles. The number of carbonyl (C=O) groups excluding carboxylic acids is 2. The maximum Gasteiger partial charge on any atom is 0.480 e. The van der Waals surface area contributed by atoms with Gasteiger partial charge in [0.05, 0.1) is 17.2 Å². The number of aliphatic hydroxyl groups is 1. The number of ether oxygens (including phenoxy) is 4. The Kier molecular flexibility index (Phi) is 9.83. The van der Waals surface area contributed by atoms with Crippen molar-refractivity contribution >= 4 is 36.9 Å². The number of aromatic amines is 1. The SMILES string of the molecule is CO[C@]1(COP(=O)(OCOC(=O)C(C)(C)C)OCOC(=O)C(C)(C)C)OC(n2cnc3c(=O)[nH]c(N)nc32)[C@H](F)[C@@H]1O. The molecule has 4 N–H and O–H groups in total. The van der Waals surface area contributed by atoms with E-state index in [9.17, 15) is 24.1 Å². The number of aliphatic hydroxyl groups excluding tert-OH is 1. The lowest BCUT2D eigenvalue weighted by atomic mass is 9.98. The molecule has 19 heteroatoms. The fraction of sp³-hybridized carbons (Fsp3) is 0.696. The van der Waals surface area contributed by atoms with E-state index in [-0.39, 0.29) is 17.1 Å². The van der Waals surface area contributed by atoms with Gasteiger partial charge in [0.2, 0.25) is 25.3 Å². The molecule has 1 aliphatic heterocycles. The van der Waals surface area contributed by atoms with E-state index in [0.717, 1.165) is 18.0 Å². The number of imidazole rings is 1. The van der Waals surface area contributed by atoms with E-state index in [0.29, 0.717) is 0 Å². The van der Waals surface area contributed by atoms with Gasteiger partial charge < -0.3 is 29.8 Å². The molecule has 42 heavy (non-hydrogen) atoms. The number of alkyl halides is 1. The van der Waals surface area contributed by atoms with Gasteiger partial charge in [-0.3, -0.25) is 28.5 Å². The molecule has 2 aromatic heterocycles. The number of methoxy groups -OCH3 is 1. The number of nitrogens with zero attached hydrogens (tertiary/aromatic N) is 3. The van der Waals surface area contributed by atoms with E-state index in [1.54, 1.807) is 41.5 Å². The smallest absolute Gasteiger partial charge is 0.437 e. The van der Waals surface area contributed by atoms with Gasteiger partial charge in [-0.1, -0.05) is 0 Å². The molecule has 3 heterocycles. The highest BCUT2D eigenvalue weighted by molar-refractivity contribution is 7.48. The summed E-state index contributed by atoms with van der Waals surface area (Å²) in [6.07, 6.45) is -4.89. The summed E-state index contributed by atoms with van der Waals surface area (Å²) in [6.45, 7) is 6.66. The average molecular weight is 624 g/mol. The van der Waals surface area contributed by atoms with Crippen LogP contribution in [0.3, 0.4) is 0 Å². The molecule has 2 aromatic rings. The number of aromatic nitrogens is 4. The zero-order chi connectivity index (χ0) is 31.7. The van der Waals surface area contributed by atoms with Crippen molar-refractivity contribution in [2.75, 3.05) is 33.0 Å². The van der Waals surface area contributed by atoms with Crippen molar-refractivity contribution in [3.05, 3.63) is 16.7 Å². The maximum absolute atomic E-state index is 15.4. The Balaban J connectivity index is 1.81. The molecule has 4 atom stereocenters. The molecule has 0 radical (unpaired) electrons. The molecule has 1 saturated heterocycles. The average Bonchev–Trinajstić information content (AvgIpc) is 3.41. The first kappa shape index (κ1) is 33.5. The van der Waals surface area contributed by atoms with E-state index < -0.39 is 80.6 Å². The number of carbonyl (C=O) groups is 2. The van der Waals surface area contributed by atoms with Crippen molar-refractivity contribution in [1.29, 1.82) is 0 Å². The second-order valence-corrected chi connectivity index (χ2v) is 12.9. The lowest BCUT2D eigenvalue weighted by Crippen LogP contribution is -2.47. The fourth-order valence-electron chi connectivity index (χ4n) is 3.43. The topological polar surface area (TPSA) is 226 Å². The second-order valence-electron chi connectivity index (χ2n) is 11.3. The minimum atomic E-state index is -4.76. The Morgan fingerprint density at radius 3 is 2.19 bits per heavy atom. The van der Waals surface area contributed by atoms with Crippen LogP contribution in [0.2, 0.25) is 0 Å².